The van der Waals surface area contributed by atoms with Crippen molar-refractivity contribution >= 4 is 11.0 Å². The van der Waals surface area contributed by atoms with Crippen molar-refractivity contribution in [2.24, 2.45) is 0 Å². The lowest BCUT2D eigenvalue weighted by molar-refractivity contribution is -0.687. The fourth-order valence-corrected chi connectivity index (χ4v) is 1.61. The number of hydrogen-bond donors (Lipinski definition) is 1. The van der Waals surface area contributed by atoms with Crippen molar-refractivity contribution in [3.8, 4) is 0 Å². The van der Waals surface area contributed by atoms with Crippen LogP contribution in [0.4, 0.5) is 0 Å². The summed E-state index contributed by atoms with van der Waals surface area (Å²) in [6.07, 6.45) is -0.276. The van der Waals surface area contributed by atoms with E-state index in [1.807, 2.05) is 30.3 Å². The summed E-state index contributed by atoms with van der Waals surface area (Å²) in [6.45, 7) is 0.273. The average Bonchev–Trinajstić information content (AvgIpc) is 2.84. The van der Waals surface area contributed by atoms with Crippen LogP contribution >= 0.6 is 0 Å². The minimum absolute atomic E-state index is 0.00642. The van der Waals surface area contributed by atoms with Crippen molar-refractivity contribution in [1.29, 1.82) is 0 Å². The van der Waals surface area contributed by atoms with E-state index in [0.29, 0.717) is 0 Å². The average molecular weight is 230 g/mol. The summed E-state index contributed by atoms with van der Waals surface area (Å²) >= 11 is 0. The maximum absolute atomic E-state index is 11.5. The van der Waals surface area contributed by atoms with Gasteiger partial charge >= 0.3 is 0 Å². The molecule has 0 aliphatic rings. The van der Waals surface area contributed by atoms with Gasteiger partial charge in [0.2, 0.25) is 11.8 Å². The van der Waals surface area contributed by atoms with Crippen molar-refractivity contribution in [1.82, 2.24) is 5.16 Å². The quantitative estimate of drug-likeness (QED) is 0.677. The van der Waals surface area contributed by atoms with Crippen molar-refractivity contribution in [2.45, 2.75) is 6.54 Å². The van der Waals surface area contributed by atoms with Crippen LogP contribution in [0.25, 0.3) is 11.0 Å². The predicted molar refractivity (Wildman–Crippen MR) is 62.6 cm³/mol. The largest absolute Gasteiger partial charge is 0.372 e. The molecular weight excluding hydrogens is 216 g/mol. The summed E-state index contributed by atoms with van der Waals surface area (Å²) in [4.78, 5) is 11.5. The molecule has 4 nitrogen and oxygen atoms in total. The van der Waals surface area contributed by atoms with E-state index in [0.717, 1.165) is 5.56 Å². The highest BCUT2D eigenvalue weighted by Crippen LogP contribution is 2.05. The second-order valence-corrected chi connectivity index (χ2v) is 3.66. The molecule has 2 heterocycles. The molecular formula is C13H11N2O2+. The smallest absolute Gasteiger partial charge is 0.288 e. The molecule has 0 spiro atoms. The lowest BCUT2D eigenvalue weighted by Crippen LogP contribution is -2.33. The Bertz CT molecular complexity index is 840. The van der Waals surface area contributed by atoms with Crippen molar-refractivity contribution in [3.63, 3.8) is 0 Å². The topological polar surface area (TPSA) is 49.9 Å². The maximum Gasteiger partial charge on any atom is 0.288 e. The molecule has 0 amide bonds. The number of aromatic nitrogens is 2. The van der Waals surface area contributed by atoms with Crippen LogP contribution in [0.15, 0.2) is 58.0 Å². The minimum Gasteiger partial charge on any atom is -0.372 e. The number of nitrogens with one attached hydrogen (secondary N) is 1. The fraction of sp³-hybridized carbons (Fsp3) is 0.0769. The number of fused-ring (bicyclic) bond motifs is 1. The third-order valence-corrected chi connectivity index (χ3v) is 2.44. The molecule has 3 aromatic rings. The lowest BCUT2D eigenvalue weighted by Gasteiger charge is -1.96. The van der Waals surface area contributed by atoms with Gasteiger partial charge in [-0.3, -0.25) is 4.79 Å². The van der Waals surface area contributed by atoms with Crippen LogP contribution in [0.2, 0.25) is 0 Å². The molecule has 1 N–H and O–H groups in total. The van der Waals surface area contributed by atoms with E-state index in [1.165, 1.54) is 4.57 Å². The molecule has 0 aliphatic carbocycles. The minimum atomic E-state index is -0.584. The third kappa shape index (κ3) is 1.85. The first-order chi connectivity index (χ1) is 9.59. The zero-order valence-corrected chi connectivity index (χ0v) is 8.86. The fourth-order valence-electron chi connectivity index (χ4n) is 1.61. The Morgan fingerprint density at radius 3 is 3.00 bits per heavy atom. The summed E-state index contributed by atoms with van der Waals surface area (Å²) in [6, 6.07) is 9.10. The van der Waals surface area contributed by atoms with Gasteiger partial charge < -0.3 is 4.52 Å². The first-order valence-electron chi connectivity index (χ1n) is 6.64. The molecule has 0 atom stereocenters. The normalized spacial score (nSPS) is 13.3. The highest BCUT2D eigenvalue weighted by Gasteiger charge is 2.09. The zero-order valence-electron chi connectivity index (χ0n) is 11.9. The Morgan fingerprint density at radius 2 is 2.18 bits per heavy atom. The molecule has 0 unspecified atom stereocenters. The highest BCUT2D eigenvalue weighted by molar-refractivity contribution is 5.73. The second-order valence-electron chi connectivity index (χ2n) is 3.66. The number of benzene rings is 1. The van der Waals surface area contributed by atoms with Gasteiger partial charge in [-0.2, -0.15) is 9.72 Å². The second kappa shape index (κ2) is 3.90. The van der Waals surface area contributed by atoms with Crippen LogP contribution < -0.4 is 10.1 Å². The standard InChI is InChI=1S/C13H10N2O2/c16-13-11-6-7-15(9-12(11)17-14-13)8-10-4-2-1-3-5-10/h1-7,9H,8H2/p+1/i6D,7D,9D. The number of hydrogen-bond acceptors (Lipinski definition) is 2. The summed E-state index contributed by atoms with van der Waals surface area (Å²) < 4.78 is 30.2. The highest BCUT2D eigenvalue weighted by atomic mass is 16.5. The lowest BCUT2D eigenvalue weighted by atomic mass is 10.2. The van der Waals surface area contributed by atoms with Crippen LogP contribution in [0.1, 0.15) is 9.68 Å². The molecule has 17 heavy (non-hydrogen) atoms. The summed E-state index contributed by atoms with van der Waals surface area (Å²) in [5.41, 5.74) is 0.321. The van der Waals surface area contributed by atoms with Crippen molar-refractivity contribution < 1.29 is 13.2 Å². The Morgan fingerprint density at radius 1 is 1.35 bits per heavy atom. The van der Waals surface area contributed by atoms with E-state index in [2.05, 4.69) is 5.16 Å². The molecule has 4 heteroatoms. The van der Waals surface area contributed by atoms with Gasteiger partial charge in [0.15, 0.2) is 12.7 Å². The molecule has 1 aromatic carbocycles. The van der Waals surface area contributed by atoms with E-state index in [4.69, 9.17) is 8.64 Å². The molecule has 0 saturated heterocycles. The zero-order chi connectivity index (χ0) is 14.3. The van der Waals surface area contributed by atoms with Gasteiger partial charge in [0.25, 0.3) is 5.56 Å². The molecule has 0 radical (unpaired) electrons. The van der Waals surface area contributed by atoms with E-state index in [1.54, 1.807) is 0 Å². The summed E-state index contributed by atoms with van der Waals surface area (Å²) in [5.74, 6) is 0. The van der Waals surface area contributed by atoms with Crippen LogP contribution in [0, 0.1) is 0 Å². The number of aromatic amines is 1. The molecule has 0 aliphatic heterocycles. The Balaban J connectivity index is 2.24. The SMILES string of the molecule is [2H]c1c([2H])[n+](Cc2ccccc2)c([2H])c2o[nH]c(=O)c12. The number of rotatable bonds is 2. The molecule has 2 aromatic heterocycles. The van der Waals surface area contributed by atoms with E-state index < -0.39 is 5.56 Å². The Hall–Kier alpha value is -2.36. The van der Waals surface area contributed by atoms with Crippen LogP contribution in [0.5, 0.6) is 0 Å². The Labute approximate surface area is 101 Å². The number of pyridine rings is 1. The van der Waals surface area contributed by atoms with Gasteiger partial charge in [0.1, 0.15) is 2.74 Å². The number of nitrogens with zero attached hydrogens (tertiary/aromatic N) is 1. The summed E-state index contributed by atoms with van der Waals surface area (Å²) in [7, 11) is 0. The van der Waals surface area contributed by atoms with E-state index in [9.17, 15) is 4.79 Å². The first kappa shape index (κ1) is 7.06. The Kier molecular flexibility index (Phi) is 1.62. The van der Waals surface area contributed by atoms with Gasteiger partial charge in [0.05, 0.1) is 6.76 Å². The molecule has 3 rings (SSSR count). The molecule has 0 saturated carbocycles. The van der Waals surface area contributed by atoms with E-state index >= 15 is 0 Å². The predicted octanol–water partition coefficient (Wildman–Crippen LogP) is 1.46. The molecule has 84 valence electrons. The van der Waals surface area contributed by atoms with Crippen LogP contribution in [0.3, 0.4) is 0 Å². The first-order valence-corrected chi connectivity index (χ1v) is 5.14. The van der Waals surface area contributed by atoms with E-state index in [-0.39, 0.29) is 35.9 Å². The number of H-pyrrole nitrogens is 1. The van der Waals surface area contributed by atoms with Crippen molar-refractivity contribution in [2.75, 3.05) is 0 Å². The van der Waals surface area contributed by atoms with Gasteiger partial charge in [-0.05, 0) is 0 Å². The van der Waals surface area contributed by atoms with Gasteiger partial charge in [-0.1, -0.05) is 30.3 Å². The molecule has 0 fully saturated rings. The summed E-state index contributed by atoms with van der Waals surface area (Å²) in [5, 5.41) is 2.06. The monoisotopic (exact) mass is 230 g/mol. The third-order valence-electron chi connectivity index (χ3n) is 2.44. The van der Waals surface area contributed by atoms with Gasteiger partial charge in [-0.15, -0.1) is 0 Å². The van der Waals surface area contributed by atoms with Crippen LogP contribution in [-0.2, 0) is 6.54 Å². The van der Waals surface area contributed by atoms with Crippen molar-refractivity contribution in [3.05, 3.63) is 64.6 Å². The van der Waals surface area contributed by atoms with Gasteiger partial charge in [0, 0.05) is 11.6 Å². The molecule has 0 bridgehead atoms. The van der Waals surface area contributed by atoms with Crippen LogP contribution in [-0.4, -0.2) is 5.16 Å². The maximum atomic E-state index is 11.5. The van der Waals surface area contributed by atoms with Gasteiger partial charge in [-0.25, -0.2) is 0 Å².